The lowest BCUT2D eigenvalue weighted by Gasteiger charge is -2.31. The van der Waals surface area contributed by atoms with E-state index >= 15 is 0 Å². The molecule has 0 saturated carbocycles. The minimum Gasteiger partial charge on any atom is -0.313 e. The van der Waals surface area contributed by atoms with Crippen LogP contribution in [-0.4, -0.2) is 12.6 Å². The molecule has 1 nitrogen and oxygen atoms in total. The van der Waals surface area contributed by atoms with Gasteiger partial charge in [0.15, 0.2) is 0 Å². The fraction of sp³-hybridized carbons (Fsp3) is 0.625. The van der Waals surface area contributed by atoms with Gasteiger partial charge in [-0.15, -0.1) is 0 Å². The molecular weight excluding hydrogens is 206 g/mol. The van der Waals surface area contributed by atoms with E-state index in [1.54, 1.807) is 0 Å². The van der Waals surface area contributed by atoms with Crippen LogP contribution in [0, 0.1) is 0 Å². The van der Waals surface area contributed by atoms with Gasteiger partial charge in [-0.3, -0.25) is 0 Å². The Hall–Kier alpha value is -0.820. The van der Waals surface area contributed by atoms with Crippen LogP contribution < -0.4 is 5.32 Å². The minimum atomic E-state index is 0.333. The fourth-order valence-corrected chi connectivity index (χ4v) is 3.19. The summed E-state index contributed by atoms with van der Waals surface area (Å²) in [4.78, 5) is 0. The Bertz CT molecular complexity index is 354. The molecule has 0 bridgehead atoms. The highest BCUT2D eigenvalue weighted by Crippen LogP contribution is 2.36. The lowest BCUT2D eigenvalue weighted by atomic mass is 9.75. The van der Waals surface area contributed by atoms with Gasteiger partial charge in [0, 0.05) is 11.5 Å². The number of hydrogen-bond acceptors (Lipinski definition) is 1. The van der Waals surface area contributed by atoms with E-state index in [1.165, 1.54) is 36.8 Å². The van der Waals surface area contributed by atoms with Crippen molar-refractivity contribution in [2.24, 2.45) is 0 Å². The maximum Gasteiger partial charge on any atom is 0.0159 e. The summed E-state index contributed by atoms with van der Waals surface area (Å²) in [6.45, 7) is 8.09. The highest BCUT2D eigenvalue weighted by Gasteiger charge is 2.38. The van der Waals surface area contributed by atoms with Gasteiger partial charge in [0.2, 0.25) is 0 Å². The molecule has 2 rings (SSSR count). The molecule has 17 heavy (non-hydrogen) atoms. The average Bonchev–Trinajstić information content (AvgIpc) is 2.73. The first-order valence-electron chi connectivity index (χ1n) is 7.03. The minimum absolute atomic E-state index is 0.333. The lowest BCUT2D eigenvalue weighted by molar-refractivity contribution is 0.392. The second kappa shape index (κ2) is 5.22. The molecular formula is C16H25N. The van der Waals surface area contributed by atoms with Gasteiger partial charge in [0.25, 0.3) is 0 Å². The van der Waals surface area contributed by atoms with E-state index in [-0.39, 0.29) is 0 Å². The van der Waals surface area contributed by atoms with Crippen molar-refractivity contribution in [3.63, 3.8) is 0 Å². The maximum absolute atomic E-state index is 3.64. The van der Waals surface area contributed by atoms with Crippen LogP contribution in [-0.2, 0) is 11.8 Å². The maximum atomic E-state index is 3.64. The summed E-state index contributed by atoms with van der Waals surface area (Å²) in [5.41, 5.74) is 3.31. The molecule has 0 aromatic heterocycles. The second-order valence-corrected chi connectivity index (χ2v) is 5.53. The monoisotopic (exact) mass is 231 g/mol. The zero-order valence-corrected chi connectivity index (χ0v) is 11.4. The van der Waals surface area contributed by atoms with Crippen LogP contribution in [0.3, 0.4) is 0 Å². The standard InChI is InChI=1S/C16H25N/c1-4-6-13-7-9-14(10-8-13)16(3)11-12-17-15(16)5-2/h7-10,15,17H,4-6,11-12H2,1-3H3. The first-order valence-corrected chi connectivity index (χ1v) is 7.03. The summed E-state index contributed by atoms with van der Waals surface area (Å²) >= 11 is 0. The first-order chi connectivity index (χ1) is 8.20. The molecule has 1 heterocycles. The third kappa shape index (κ3) is 2.40. The molecule has 0 radical (unpaired) electrons. The SMILES string of the molecule is CCCc1ccc(C2(C)CCNC2CC)cc1. The predicted molar refractivity (Wildman–Crippen MR) is 74.5 cm³/mol. The quantitative estimate of drug-likeness (QED) is 0.833. The van der Waals surface area contributed by atoms with Crippen molar-refractivity contribution in [2.75, 3.05) is 6.54 Å². The first kappa shape index (κ1) is 12.6. The molecule has 0 spiro atoms. The van der Waals surface area contributed by atoms with Gasteiger partial charge in [-0.25, -0.2) is 0 Å². The fourth-order valence-electron chi connectivity index (χ4n) is 3.19. The normalized spacial score (nSPS) is 28.5. The van der Waals surface area contributed by atoms with Gasteiger partial charge < -0.3 is 5.32 Å². The van der Waals surface area contributed by atoms with Crippen LogP contribution in [0.2, 0.25) is 0 Å². The smallest absolute Gasteiger partial charge is 0.0159 e. The Morgan fingerprint density at radius 1 is 1.24 bits per heavy atom. The van der Waals surface area contributed by atoms with Crippen LogP contribution in [0.5, 0.6) is 0 Å². The predicted octanol–water partition coefficient (Wildman–Crippen LogP) is 3.67. The molecule has 1 aromatic rings. The van der Waals surface area contributed by atoms with Crippen molar-refractivity contribution in [1.82, 2.24) is 5.32 Å². The third-order valence-corrected chi connectivity index (χ3v) is 4.36. The summed E-state index contributed by atoms with van der Waals surface area (Å²) in [6.07, 6.45) is 4.91. The Kier molecular flexibility index (Phi) is 3.88. The molecule has 1 saturated heterocycles. The second-order valence-electron chi connectivity index (χ2n) is 5.53. The van der Waals surface area contributed by atoms with Crippen molar-refractivity contribution in [2.45, 2.75) is 57.9 Å². The van der Waals surface area contributed by atoms with Gasteiger partial charge in [-0.1, -0.05) is 51.5 Å². The number of hydrogen-bond donors (Lipinski definition) is 1. The average molecular weight is 231 g/mol. The molecule has 0 amide bonds. The van der Waals surface area contributed by atoms with Gasteiger partial charge in [0.05, 0.1) is 0 Å². The third-order valence-electron chi connectivity index (χ3n) is 4.36. The zero-order valence-electron chi connectivity index (χ0n) is 11.4. The van der Waals surface area contributed by atoms with Crippen LogP contribution >= 0.6 is 0 Å². The number of nitrogens with one attached hydrogen (secondary N) is 1. The van der Waals surface area contributed by atoms with Crippen molar-refractivity contribution in [3.8, 4) is 0 Å². The Morgan fingerprint density at radius 2 is 1.94 bits per heavy atom. The van der Waals surface area contributed by atoms with Gasteiger partial charge in [-0.05, 0) is 36.9 Å². The Labute approximate surface area is 106 Å². The van der Waals surface area contributed by atoms with E-state index in [9.17, 15) is 0 Å². The topological polar surface area (TPSA) is 12.0 Å². The summed E-state index contributed by atoms with van der Waals surface area (Å²) in [5.74, 6) is 0. The molecule has 2 atom stereocenters. The van der Waals surface area contributed by atoms with E-state index in [2.05, 4.69) is 50.4 Å². The molecule has 1 fully saturated rings. The number of benzene rings is 1. The van der Waals surface area contributed by atoms with E-state index in [4.69, 9.17) is 0 Å². The van der Waals surface area contributed by atoms with Gasteiger partial charge in [0.1, 0.15) is 0 Å². The highest BCUT2D eigenvalue weighted by atomic mass is 15.0. The molecule has 1 heteroatoms. The lowest BCUT2D eigenvalue weighted by Crippen LogP contribution is -2.37. The van der Waals surface area contributed by atoms with Crippen molar-refractivity contribution < 1.29 is 0 Å². The van der Waals surface area contributed by atoms with E-state index < -0.39 is 0 Å². The largest absolute Gasteiger partial charge is 0.313 e. The van der Waals surface area contributed by atoms with Crippen LogP contribution in [0.25, 0.3) is 0 Å². The zero-order chi connectivity index (χ0) is 12.3. The Morgan fingerprint density at radius 3 is 2.53 bits per heavy atom. The molecule has 94 valence electrons. The summed E-state index contributed by atoms with van der Waals surface area (Å²) in [6, 6.07) is 9.96. The van der Waals surface area contributed by atoms with Crippen LogP contribution in [0.1, 0.15) is 51.2 Å². The van der Waals surface area contributed by atoms with Crippen molar-refractivity contribution in [3.05, 3.63) is 35.4 Å². The number of aryl methyl sites for hydroxylation is 1. The molecule has 0 aliphatic carbocycles. The van der Waals surface area contributed by atoms with E-state index in [1.807, 2.05) is 0 Å². The molecule has 1 aromatic carbocycles. The number of rotatable bonds is 4. The molecule has 1 aliphatic rings. The molecule has 1 aliphatic heterocycles. The van der Waals surface area contributed by atoms with Gasteiger partial charge in [-0.2, -0.15) is 0 Å². The van der Waals surface area contributed by atoms with E-state index in [0.717, 1.165) is 6.54 Å². The summed E-state index contributed by atoms with van der Waals surface area (Å²) in [5, 5.41) is 3.64. The van der Waals surface area contributed by atoms with Crippen molar-refractivity contribution in [1.29, 1.82) is 0 Å². The molecule has 2 unspecified atom stereocenters. The van der Waals surface area contributed by atoms with E-state index in [0.29, 0.717) is 11.5 Å². The van der Waals surface area contributed by atoms with Gasteiger partial charge >= 0.3 is 0 Å². The molecule has 1 N–H and O–H groups in total. The van der Waals surface area contributed by atoms with Crippen molar-refractivity contribution >= 4 is 0 Å². The highest BCUT2D eigenvalue weighted by molar-refractivity contribution is 5.31. The van der Waals surface area contributed by atoms with Crippen LogP contribution in [0.15, 0.2) is 24.3 Å². The summed E-state index contributed by atoms with van der Waals surface area (Å²) in [7, 11) is 0. The Balaban J connectivity index is 2.21. The van der Waals surface area contributed by atoms with Crippen LogP contribution in [0.4, 0.5) is 0 Å². The summed E-state index contributed by atoms with van der Waals surface area (Å²) < 4.78 is 0.